The van der Waals surface area contributed by atoms with Gasteiger partial charge in [-0.3, -0.25) is 4.79 Å². The Hall–Kier alpha value is -4.97. The number of aryl methyl sites for hydroxylation is 1. The van der Waals surface area contributed by atoms with E-state index in [2.05, 4.69) is 10.2 Å². The van der Waals surface area contributed by atoms with Gasteiger partial charge in [0.15, 0.2) is 0 Å². The molecule has 0 unspecified atom stereocenters. The standard InChI is InChI=1S/C30H24N4O2/c1-22-26(29(35)33(31-22)24-16-8-3-9-17-24)20-12-5-13-21-27-28(23-14-6-2-7-15-23)32-34(30(27)36)25-18-10-4-11-19-25/h2-21,35H,1H3/p-1/b13-5?,20-12?,27-21-. The van der Waals surface area contributed by atoms with E-state index in [1.54, 1.807) is 30.4 Å². The summed E-state index contributed by atoms with van der Waals surface area (Å²) in [6.07, 6.45) is 8.81. The smallest absolute Gasteiger partial charge is 0.281 e. The van der Waals surface area contributed by atoms with Gasteiger partial charge >= 0.3 is 0 Å². The Labute approximate surface area is 209 Å². The van der Waals surface area contributed by atoms with Crippen LogP contribution in [0, 0.1) is 6.92 Å². The van der Waals surface area contributed by atoms with E-state index in [-0.39, 0.29) is 11.8 Å². The second kappa shape index (κ2) is 10.1. The van der Waals surface area contributed by atoms with Crippen LogP contribution in [-0.2, 0) is 4.79 Å². The van der Waals surface area contributed by atoms with Gasteiger partial charge < -0.3 is 5.11 Å². The van der Waals surface area contributed by atoms with Crippen LogP contribution in [0.1, 0.15) is 16.8 Å². The zero-order chi connectivity index (χ0) is 24.9. The molecule has 0 atom stereocenters. The number of hydrogen-bond donors (Lipinski definition) is 0. The lowest BCUT2D eigenvalue weighted by atomic mass is 10.0. The zero-order valence-corrected chi connectivity index (χ0v) is 19.7. The highest BCUT2D eigenvalue weighted by Gasteiger charge is 2.31. The highest BCUT2D eigenvalue weighted by Crippen LogP contribution is 2.26. The van der Waals surface area contributed by atoms with Gasteiger partial charge in [-0.25, -0.2) is 4.68 Å². The molecule has 6 nitrogen and oxygen atoms in total. The second-order valence-corrected chi connectivity index (χ2v) is 8.14. The van der Waals surface area contributed by atoms with Crippen molar-refractivity contribution in [3.63, 3.8) is 0 Å². The van der Waals surface area contributed by atoms with Crippen molar-refractivity contribution in [2.45, 2.75) is 6.92 Å². The first-order valence-electron chi connectivity index (χ1n) is 11.5. The molecule has 5 rings (SSSR count). The number of carbonyl (C=O) groups excluding carboxylic acids is 1. The average Bonchev–Trinajstić information content (AvgIpc) is 3.40. The van der Waals surface area contributed by atoms with E-state index in [0.29, 0.717) is 28.2 Å². The second-order valence-electron chi connectivity index (χ2n) is 8.14. The van der Waals surface area contributed by atoms with Crippen molar-refractivity contribution in [1.82, 2.24) is 9.78 Å². The molecule has 1 aromatic heterocycles. The van der Waals surface area contributed by atoms with Crippen molar-refractivity contribution in [3.8, 4) is 11.6 Å². The van der Waals surface area contributed by atoms with E-state index in [4.69, 9.17) is 0 Å². The summed E-state index contributed by atoms with van der Waals surface area (Å²) < 4.78 is 1.40. The summed E-state index contributed by atoms with van der Waals surface area (Å²) in [5, 5.41) is 23.2. The highest BCUT2D eigenvalue weighted by atomic mass is 16.3. The first kappa shape index (κ1) is 22.8. The van der Waals surface area contributed by atoms with E-state index in [1.807, 2.05) is 97.9 Å². The molecule has 3 aromatic carbocycles. The van der Waals surface area contributed by atoms with Crippen LogP contribution in [0.3, 0.4) is 0 Å². The monoisotopic (exact) mass is 471 g/mol. The zero-order valence-electron chi connectivity index (χ0n) is 19.7. The fraction of sp³-hybridized carbons (Fsp3) is 0.0333. The Morgan fingerprint density at radius 2 is 1.39 bits per heavy atom. The summed E-state index contributed by atoms with van der Waals surface area (Å²) in [6, 6.07) is 28.3. The number of rotatable bonds is 6. The first-order chi connectivity index (χ1) is 17.6. The van der Waals surface area contributed by atoms with Crippen LogP contribution in [0.4, 0.5) is 5.69 Å². The van der Waals surface area contributed by atoms with E-state index < -0.39 is 0 Å². The summed E-state index contributed by atoms with van der Waals surface area (Å²) in [7, 11) is 0. The summed E-state index contributed by atoms with van der Waals surface area (Å²) in [6.45, 7) is 1.81. The number of carbonyl (C=O) groups is 1. The van der Waals surface area contributed by atoms with Gasteiger partial charge in [0.05, 0.1) is 22.6 Å². The largest absolute Gasteiger partial charge is 0.858 e. The Morgan fingerprint density at radius 3 is 2.06 bits per heavy atom. The predicted molar refractivity (Wildman–Crippen MR) is 141 cm³/mol. The summed E-state index contributed by atoms with van der Waals surface area (Å²) in [5.41, 5.74) is 4.56. The van der Waals surface area contributed by atoms with Gasteiger partial charge in [-0.15, -0.1) is 0 Å². The van der Waals surface area contributed by atoms with Crippen LogP contribution in [-0.4, -0.2) is 21.4 Å². The van der Waals surface area contributed by atoms with Crippen LogP contribution < -0.4 is 10.1 Å². The summed E-state index contributed by atoms with van der Waals surface area (Å²) >= 11 is 0. The molecule has 6 heteroatoms. The Balaban J connectivity index is 1.40. The number of anilines is 1. The normalized spacial score (nSPS) is 14.9. The van der Waals surface area contributed by atoms with Crippen molar-refractivity contribution in [2.24, 2.45) is 5.10 Å². The Morgan fingerprint density at radius 1 is 0.778 bits per heavy atom. The number of nitrogens with zero attached hydrogens (tertiary/aromatic N) is 4. The van der Waals surface area contributed by atoms with Crippen molar-refractivity contribution in [3.05, 3.63) is 138 Å². The maximum atomic E-state index is 13.2. The third kappa shape index (κ3) is 4.52. The molecular formula is C30H23N4O2-. The molecule has 4 aromatic rings. The fourth-order valence-corrected chi connectivity index (χ4v) is 3.94. The topological polar surface area (TPSA) is 73.5 Å². The Bertz CT molecular complexity index is 1500. The highest BCUT2D eigenvalue weighted by molar-refractivity contribution is 6.35. The van der Waals surface area contributed by atoms with Crippen LogP contribution in [0.5, 0.6) is 5.88 Å². The van der Waals surface area contributed by atoms with Gasteiger partial charge in [0.1, 0.15) is 5.71 Å². The fourth-order valence-electron chi connectivity index (χ4n) is 3.94. The van der Waals surface area contributed by atoms with Gasteiger partial charge in [0, 0.05) is 11.1 Å². The molecule has 176 valence electrons. The predicted octanol–water partition coefficient (Wildman–Crippen LogP) is 5.20. The lowest BCUT2D eigenvalue weighted by Gasteiger charge is -2.11. The molecular weight excluding hydrogens is 448 g/mol. The summed E-state index contributed by atoms with van der Waals surface area (Å²) in [5.74, 6) is -0.375. The number of hydrogen-bond acceptors (Lipinski definition) is 4. The molecule has 2 heterocycles. The first-order valence-corrected chi connectivity index (χ1v) is 11.5. The summed E-state index contributed by atoms with van der Waals surface area (Å²) in [4.78, 5) is 13.2. The number of hydrazone groups is 1. The van der Waals surface area contributed by atoms with Crippen LogP contribution in [0.2, 0.25) is 0 Å². The molecule has 1 amide bonds. The van der Waals surface area contributed by atoms with E-state index >= 15 is 0 Å². The third-order valence-corrected chi connectivity index (χ3v) is 5.74. The number of allylic oxidation sites excluding steroid dienone is 4. The quantitative estimate of drug-likeness (QED) is 0.287. The molecule has 1 aliphatic rings. The third-order valence-electron chi connectivity index (χ3n) is 5.74. The minimum Gasteiger partial charge on any atom is -0.858 e. The molecule has 0 radical (unpaired) electrons. The molecule has 1 aliphatic heterocycles. The SMILES string of the molecule is Cc1nn(-c2ccccc2)c([O-])c1C=CC=C/C=C1\C(=O)N(c2ccccc2)N=C1c1ccccc1. The maximum absolute atomic E-state index is 13.2. The molecule has 0 spiro atoms. The molecule has 0 N–H and O–H groups in total. The van der Waals surface area contributed by atoms with E-state index in [1.165, 1.54) is 9.69 Å². The lowest BCUT2D eigenvalue weighted by Crippen LogP contribution is -2.21. The van der Waals surface area contributed by atoms with Gasteiger partial charge in [-0.1, -0.05) is 91.0 Å². The average molecular weight is 472 g/mol. The molecule has 0 fully saturated rings. The van der Waals surface area contributed by atoms with Crippen molar-refractivity contribution in [2.75, 3.05) is 5.01 Å². The van der Waals surface area contributed by atoms with Gasteiger partial charge in [0.25, 0.3) is 5.91 Å². The molecule has 0 saturated carbocycles. The lowest BCUT2D eigenvalue weighted by molar-refractivity contribution is -0.278. The molecule has 36 heavy (non-hydrogen) atoms. The Kier molecular flexibility index (Phi) is 6.40. The van der Waals surface area contributed by atoms with E-state index in [0.717, 1.165) is 11.3 Å². The van der Waals surface area contributed by atoms with Crippen LogP contribution >= 0.6 is 0 Å². The van der Waals surface area contributed by atoms with Gasteiger partial charge in [0.2, 0.25) is 0 Å². The number of benzene rings is 3. The van der Waals surface area contributed by atoms with Crippen molar-refractivity contribution >= 4 is 23.4 Å². The van der Waals surface area contributed by atoms with Gasteiger partial charge in [-0.05, 0) is 43.1 Å². The molecule has 0 bridgehead atoms. The van der Waals surface area contributed by atoms with Crippen molar-refractivity contribution in [1.29, 1.82) is 0 Å². The number of aromatic nitrogens is 2. The number of amides is 1. The van der Waals surface area contributed by atoms with Gasteiger partial charge in [-0.2, -0.15) is 15.2 Å². The minimum absolute atomic E-state index is 0.176. The maximum Gasteiger partial charge on any atom is 0.281 e. The van der Waals surface area contributed by atoms with Crippen LogP contribution in [0.15, 0.2) is 126 Å². The van der Waals surface area contributed by atoms with E-state index in [9.17, 15) is 9.90 Å². The molecule has 0 aliphatic carbocycles. The van der Waals surface area contributed by atoms with Crippen molar-refractivity contribution < 1.29 is 9.90 Å². The number of para-hydroxylation sites is 2. The van der Waals surface area contributed by atoms with Crippen LogP contribution in [0.25, 0.3) is 11.8 Å². The molecule has 0 saturated heterocycles. The minimum atomic E-state index is -0.199.